The zero-order valence-electron chi connectivity index (χ0n) is 12.9. The van der Waals surface area contributed by atoms with Crippen LogP contribution in [0, 0.1) is 0 Å². The molecule has 0 N–H and O–H groups in total. The maximum atomic E-state index is 5.37. The third-order valence-corrected chi connectivity index (χ3v) is 14.7. The molecule has 0 aliphatic rings. The molecule has 4 nitrogen and oxygen atoms in total. The number of methoxy groups -OCH3 is 4. The molecule has 2 aromatic rings. The van der Waals surface area contributed by atoms with Crippen LogP contribution < -0.4 is 26.2 Å². The molecule has 6 heteroatoms. The Labute approximate surface area is 147 Å². The number of rotatable bonds is 7. The molecule has 0 saturated carbocycles. The van der Waals surface area contributed by atoms with Crippen molar-refractivity contribution >= 4 is 41.3 Å². The fraction of sp³-hybridized carbons (Fsp3) is 0.250. The molecular weight excluding hydrogens is 511 g/mol. The van der Waals surface area contributed by atoms with Gasteiger partial charge in [-0.05, 0) is 0 Å². The summed E-state index contributed by atoms with van der Waals surface area (Å²) in [5.41, 5.74) is 0. The third kappa shape index (κ3) is 4.37. The van der Waals surface area contributed by atoms with Crippen LogP contribution in [0.15, 0.2) is 36.4 Å². The van der Waals surface area contributed by atoms with Gasteiger partial charge < -0.3 is 0 Å². The van der Waals surface area contributed by atoms with E-state index in [1.807, 2.05) is 12.1 Å². The van der Waals surface area contributed by atoms with E-state index in [-0.39, 0.29) is 34.1 Å². The summed E-state index contributed by atoms with van der Waals surface area (Å²) in [6.07, 6.45) is 0. The van der Waals surface area contributed by atoms with Gasteiger partial charge in [0.1, 0.15) is 0 Å². The van der Waals surface area contributed by atoms with Crippen LogP contribution in [0.4, 0.5) is 0 Å². The first kappa shape index (κ1) is 17.6. The van der Waals surface area contributed by atoms with Gasteiger partial charge in [-0.15, -0.1) is 0 Å². The summed E-state index contributed by atoms with van der Waals surface area (Å²) in [5, 5.41) is 0. The van der Waals surface area contributed by atoms with Crippen LogP contribution in [0.5, 0.6) is 23.0 Å². The SMILES string of the molecule is COc1ccc([Te][Te]c2ccc(OC)c(OC)c2)cc1OC. The predicted octanol–water partition coefficient (Wildman–Crippen LogP) is 0.995. The van der Waals surface area contributed by atoms with Crippen molar-refractivity contribution in [3.63, 3.8) is 0 Å². The molecule has 0 aliphatic carbocycles. The molecule has 0 amide bonds. The summed E-state index contributed by atoms with van der Waals surface area (Å²) in [5.74, 6) is 3.19. The number of benzene rings is 2. The van der Waals surface area contributed by atoms with Gasteiger partial charge in [0, 0.05) is 0 Å². The van der Waals surface area contributed by atoms with Gasteiger partial charge in [-0.25, -0.2) is 0 Å². The fourth-order valence-electron chi connectivity index (χ4n) is 1.83. The van der Waals surface area contributed by atoms with Crippen molar-refractivity contribution in [2.45, 2.75) is 0 Å². The molecule has 2 aromatic carbocycles. The molecular formula is C16H18O4Te2. The Morgan fingerprint density at radius 2 is 0.909 bits per heavy atom. The Morgan fingerprint density at radius 3 is 1.23 bits per heavy atom. The van der Waals surface area contributed by atoms with Gasteiger partial charge >= 0.3 is 148 Å². The van der Waals surface area contributed by atoms with Gasteiger partial charge in [-0.1, -0.05) is 0 Å². The van der Waals surface area contributed by atoms with Crippen molar-refractivity contribution in [3.05, 3.63) is 36.4 Å². The van der Waals surface area contributed by atoms with Gasteiger partial charge in [-0.2, -0.15) is 0 Å². The predicted molar refractivity (Wildman–Crippen MR) is 89.9 cm³/mol. The monoisotopic (exact) mass is 534 g/mol. The normalized spacial score (nSPS) is 10.2. The first-order chi connectivity index (χ1) is 10.7. The zero-order valence-corrected chi connectivity index (χ0v) is 17.6. The van der Waals surface area contributed by atoms with Crippen LogP contribution in [0.3, 0.4) is 0 Å². The van der Waals surface area contributed by atoms with Gasteiger partial charge in [0.05, 0.1) is 0 Å². The van der Waals surface area contributed by atoms with Crippen LogP contribution >= 0.6 is 0 Å². The Balaban J connectivity index is 2.09. The van der Waals surface area contributed by atoms with Gasteiger partial charge in [0.2, 0.25) is 0 Å². The van der Waals surface area contributed by atoms with E-state index in [0.29, 0.717) is 0 Å². The summed E-state index contributed by atoms with van der Waals surface area (Å²) in [6.45, 7) is 0. The van der Waals surface area contributed by atoms with Crippen LogP contribution in [0.2, 0.25) is 0 Å². The standard InChI is InChI=1S/C16H18O4Te2/c1-17-13-7-5-11(9-15(13)19-3)21-22-12-6-8-14(18-2)16(10-12)20-4/h5-10H,1-4H3. The van der Waals surface area contributed by atoms with Crippen LogP contribution in [-0.4, -0.2) is 62.6 Å². The molecule has 0 saturated heterocycles. The minimum atomic E-state index is -0.222. The van der Waals surface area contributed by atoms with Crippen LogP contribution in [0.1, 0.15) is 0 Å². The van der Waals surface area contributed by atoms with Gasteiger partial charge in [0.15, 0.2) is 0 Å². The summed E-state index contributed by atoms with van der Waals surface area (Å²) in [4.78, 5) is 0. The Kier molecular flexibility index (Phi) is 6.99. The first-order valence-electron chi connectivity index (χ1n) is 6.50. The molecule has 0 unspecified atom stereocenters. The van der Waals surface area contributed by atoms with E-state index in [9.17, 15) is 0 Å². The topological polar surface area (TPSA) is 36.9 Å². The quantitative estimate of drug-likeness (QED) is 0.502. The second-order valence-electron chi connectivity index (χ2n) is 4.20. The number of hydrogen-bond acceptors (Lipinski definition) is 4. The average molecular weight is 530 g/mol. The van der Waals surface area contributed by atoms with E-state index >= 15 is 0 Å². The first-order valence-corrected chi connectivity index (χ1v) is 16.2. The minimum absolute atomic E-state index is 0.222. The molecule has 0 fully saturated rings. The van der Waals surface area contributed by atoms with Crippen molar-refractivity contribution in [2.24, 2.45) is 0 Å². The van der Waals surface area contributed by atoms with Crippen molar-refractivity contribution in [1.82, 2.24) is 0 Å². The number of hydrogen-bond donors (Lipinski definition) is 0. The summed E-state index contributed by atoms with van der Waals surface area (Å²) in [6, 6.07) is 12.5. The van der Waals surface area contributed by atoms with E-state index in [4.69, 9.17) is 18.9 Å². The van der Waals surface area contributed by atoms with E-state index in [1.54, 1.807) is 28.4 Å². The number of ether oxygens (including phenoxy) is 4. The molecule has 118 valence electrons. The molecule has 0 radical (unpaired) electrons. The van der Waals surface area contributed by atoms with Gasteiger partial charge in [0.25, 0.3) is 0 Å². The average Bonchev–Trinajstić information content (AvgIpc) is 2.59. The zero-order chi connectivity index (χ0) is 15.9. The summed E-state index contributed by atoms with van der Waals surface area (Å²) >= 11 is -0.443. The summed E-state index contributed by atoms with van der Waals surface area (Å²) < 4.78 is 24.1. The molecule has 22 heavy (non-hydrogen) atoms. The third-order valence-electron chi connectivity index (χ3n) is 2.94. The van der Waals surface area contributed by atoms with E-state index in [1.165, 1.54) is 7.22 Å². The molecule has 0 spiro atoms. The second-order valence-corrected chi connectivity index (χ2v) is 14.2. The summed E-state index contributed by atoms with van der Waals surface area (Å²) in [7, 11) is 6.67. The molecule has 2 rings (SSSR count). The molecule has 0 bridgehead atoms. The van der Waals surface area contributed by atoms with Crippen molar-refractivity contribution in [2.75, 3.05) is 28.4 Å². The Bertz CT molecular complexity index is 576. The van der Waals surface area contributed by atoms with Crippen LogP contribution in [-0.2, 0) is 0 Å². The maximum absolute atomic E-state index is 5.37. The fourth-order valence-corrected chi connectivity index (χ4v) is 11.6. The van der Waals surface area contributed by atoms with E-state index in [2.05, 4.69) is 24.3 Å². The molecule has 0 atom stereocenters. The van der Waals surface area contributed by atoms with Crippen LogP contribution in [0.25, 0.3) is 0 Å². The Hall–Kier alpha value is -0.781. The molecule has 0 heterocycles. The van der Waals surface area contributed by atoms with Crippen molar-refractivity contribution in [1.29, 1.82) is 0 Å². The molecule has 0 aromatic heterocycles. The Morgan fingerprint density at radius 1 is 0.545 bits per heavy atom. The van der Waals surface area contributed by atoms with Gasteiger partial charge in [-0.3, -0.25) is 0 Å². The second kappa shape index (κ2) is 8.75. The van der Waals surface area contributed by atoms with Crippen molar-refractivity contribution in [3.8, 4) is 23.0 Å². The van der Waals surface area contributed by atoms with E-state index < -0.39 is 0 Å². The van der Waals surface area contributed by atoms with Crippen molar-refractivity contribution < 1.29 is 18.9 Å². The van der Waals surface area contributed by atoms with E-state index in [0.717, 1.165) is 23.0 Å². The molecule has 0 aliphatic heterocycles.